The van der Waals surface area contributed by atoms with Crippen molar-refractivity contribution in [1.29, 1.82) is 0 Å². The lowest BCUT2D eigenvalue weighted by Crippen LogP contribution is -2.11. The van der Waals surface area contributed by atoms with Gasteiger partial charge in [-0.25, -0.2) is 8.42 Å². The van der Waals surface area contributed by atoms with Crippen LogP contribution in [0.2, 0.25) is 0 Å². The van der Waals surface area contributed by atoms with Crippen molar-refractivity contribution < 1.29 is 22.8 Å². The third-order valence-electron chi connectivity index (χ3n) is 2.34. The Balaban J connectivity index is 3.57. The Morgan fingerprint density at radius 2 is 1.79 bits per heavy atom. The normalized spacial score (nSPS) is 11.1. The molecule has 0 heterocycles. The maximum Gasteiger partial charge on any atom is 0.291 e. The molecule has 9 heteroatoms. The zero-order valence-electron chi connectivity index (χ0n) is 10.3. The highest BCUT2D eigenvalue weighted by Gasteiger charge is 2.28. The molecule has 0 aliphatic carbocycles. The largest absolute Gasteiger partial charge is 0.493 e. The number of hydrogen-bond acceptors (Lipinski definition) is 6. The number of nitro groups is 1. The molecule has 0 amide bonds. The molecule has 0 saturated carbocycles. The molecular formula is C10H12ClNO6S. The van der Waals surface area contributed by atoms with Gasteiger partial charge in [0.2, 0.25) is 0 Å². The summed E-state index contributed by atoms with van der Waals surface area (Å²) in [5.41, 5.74) is -0.567. The Morgan fingerprint density at radius 3 is 2.21 bits per heavy atom. The summed E-state index contributed by atoms with van der Waals surface area (Å²) in [6.45, 7) is 0. The Morgan fingerprint density at radius 1 is 1.26 bits per heavy atom. The number of benzene rings is 1. The molecule has 0 spiro atoms. The predicted molar refractivity (Wildman–Crippen MR) is 69.0 cm³/mol. The summed E-state index contributed by atoms with van der Waals surface area (Å²) < 4.78 is 33.7. The van der Waals surface area contributed by atoms with Crippen LogP contribution < -0.4 is 9.47 Å². The SMILES string of the molecule is COc1cc([N+](=O)[O-])c(S(=O)(=O)CCCl)cc1OC. The molecular weight excluding hydrogens is 298 g/mol. The first-order chi connectivity index (χ1) is 8.87. The smallest absolute Gasteiger partial charge is 0.291 e. The summed E-state index contributed by atoms with van der Waals surface area (Å²) in [4.78, 5) is 9.73. The molecule has 0 radical (unpaired) electrons. The maximum absolute atomic E-state index is 11.9. The Kier molecular flexibility index (Phi) is 4.96. The third-order valence-corrected chi connectivity index (χ3v) is 4.49. The van der Waals surface area contributed by atoms with Crippen molar-refractivity contribution in [3.8, 4) is 11.5 Å². The Bertz CT molecular complexity index is 586. The number of ether oxygens (including phenoxy) is 2. The molecule has 106 valence electrons. The predicted octanol–water partition coefficient (Wildman–Crippen LogP) is 1.62. The lowest BCUT2D eigenvalue weighted by molar-refractivity contribution is -0.387. The first kappa shape index (κ1) is 15.5. The van der Waals surface area contributed by atoms with Crippen LogP contribution in [0.25, 0.3) is 0 Å². The Labute approximate surface area is 115 Å². The van der Waals surface area contributed by atoms with Gasteiger partial charge in [-0.05, 0) is 0 Å². The first-order valence-electron chi connectivity index (χ1n) is 5.06. The molecule has 0 fully saturated rings. The highest BCUT2D eigenvalue weighted by Crippen LogP contribution is 2.37. The van der Waals surface area contributed by atoms with E-state index in [0.717, 1.165) is 12.1 Å². The average molecular weight is 310 g/mol. The zero-order valence-corrected chi connectivity index (χ0v) is 11.8. The van der Waals surface area contributed by atoms with Gasteiger partial charge in [0, 0.05) is 11.9 Å². The van der Waals surface area contributed by atoms with Crippen molar-refractivity contribution >= 4 is 27.1 Å². The standard InChI is InChI=1S/C10H12ClNO6S/c1-17-8-5-7(12(13)14)10(6-9(8)18-2)19(15,16)4-3-11/h5-6H,3-4H2,1-2H3. The Hall–Kier alpha value is -1.54. The first-order valence-corrected chi connectivity index (χ1v) is 7.25. The molecule has 1 rings (SSSR count). The summed E-state index contributed by atoms with van der Waals surface area (Å²) in [7, 11) is -1.25. The van der Waals surface area contributed by atoms with E-state index in [1.807, 2.05) is 0 Å². The van der Waals surface area contributed by atoms with Crippen LogP contribution in [0.3, 0.4) is 0 Å². The highest BCUT2D eigenvalue weighted by molar-refractivity contribution is 7.91. The van der Waals surface area contributed by atoms with Gasteiger partial charge in [0.1, 0.15) is 4.90 Å². The molecule has 0 bridgehead atoms. The number of halogens is 1. The van der Waals surface area contributed by atoms with Crippen molar-refractivity contribution in [2.45, 2.75) is 4.90 Å². The van der Waals surface area contributed by atoms with E-state index in [1.165, 1.54) is 14.2 Å². The van der Waals surface area contributed by atoms with Crippen LogP contribution in [-0.4, -0.2) is 39.2 Å². The number of methoxy groups -OCH3 is 2. The number of rotatable bonds is 6. The second kappa shape index (κ2) is 6.07. The van der Waals surface area contributed by atoms with E-state index in [2.05, 4.69) is 0 Å². The van der Waals surface area contributed by atoms with Crippen LogP contribution in [0.4, 0.5) is 5.69 Å². The van der Waals surface area contributed by atoms with E-state index < -0.39 is 31.1 Å². The number of alkyl halides is 1. The van der Waals surface area contributed by atoms with Gasteiger partial charge in [-0.3, -0.25) is 10.1 Å². The molecule has 1 aromatic rings. The molecule has 0 saturated heterocycles. The van der Waals surface area contributed by atoms with Gasteiger partial charge in [-0.2, -0.15) is 0 Å². The van der Waals surface area contributed by atoms with Crippen LogP contribution in [0.5, 0.6) is 11.5 Å². The van der Waals surface area contributed by atoms with E-state index in [0.29, 0.717) is 0 Å². The summed E-state index contributed by atoms with van der Waals surface area (Å²) in [5, 5.41) is 11.0. The van der Waals surface area contributed by atoms with E-state index >= 15 is 0 Å². The third kappa shape index (κ3) is 3.27. The van der Waals surface area contributed by atoms with Crippen molar-refractivity contribution in [2.75, 3.05) is 25.9 Å². The van der Waals surface area contributed by atoms with E-state index in [1.54, 1.807) is 0 Å². The second-order valence-corrected chi connectivity index (χ2v) is 5.90. The molecule has 19 heavy (non-hydrogen) atoms. The summed E-state index contributed by atoms with van der Waals surface area (Å²) in [5.74, 6) is -0.376. The number of hydrogen-bond donors (Lipinski definition) is 0. The lowest BCUT2D eigenvalue weighted by atomic mass is 10.3. The summed E-state index contributed by atoms with van der Waals surface area (Å²) in [6.07, 6.45) is 0. The molecule has 1 aromatic carbocycles. The minimum Gasteiger partial charge on any atom is -0.493 e. The van der Waals surface area contributed by atoms with Crippen LogP contribution in [0, 0.1) is 10.1 Å². The molecule has 0 aliphatic rings. The minimum atomic E-state index is -3.85. The van der Waals surface area contributed by atoms with Crippen LogP contribution >= 0.6 is 11.6 Å². The average Bonchev–Trinajstić information content (AvgIpc) is 2.36. The number of sulfone groups is 1. The van der Waals surface area contributed by atoms with Gasteiger partial charge in [0.15, 0.2) is 21.3 Å². The second-order valence-electron chi connectivity index (χ2n) is 3.44. The fraction of sp³-hybridized carbons (Fsp3) is 0.400. The molecule has 0 N–H and O–H groups in total. The fourth-order valence-electron chi connectivity index (χ4n) is 1.45. The topological polar surface area (TPSA) is 95.7 Å². The van der Waals surface area contributed by atoms with E-state index in [-0.39, 0.29) is 17.4 Å². The van der Waals surface area contributed by atoms with Gasteiger partial charge in [-0.15, -0.1) is 11.6 Å². The van der Waals surface area contributed by atoms with Gasteiger partial charge in [0.25, 0.3) is 5.69 Å². The monoisotopic (exact) mass is 309 g/mol. The van der Waals surface area contributed by atoms with Crippen molar-refractivity contribution in [3.05, 3.63) is 22.2 Å². The number of nitro benzene ring substituents is 1. The van der Waals surface area contributed by atoms with Gasteiger partial charge in [-0.1, -0.05) is 0 Å². The molecule has 0 aromatic heterocycles. The fourth-order valence-corrected chi connectivity index (χ4v) is 3.22. The van der Waals surface area contributed by atoms with Gasteiger partial charge in [0.05, 0.1) is 31.0 Å². The molecule has 0 atom stereocenters. The maximum atomic E-state index is 11.9. The van der Waals surface area contributed by atoms with Crippen LogP contribution in [0.15, 0.2) is 17.0 Å². The van der Waals surface area contributed by atoms with Crippen molar-refractivity contribution in [3.63, 3.8) is 0 Å². The highest BCUT2D eigenvalue weighted by atomic mass is 35.5. The van der Waals surface area contributed by atoms with Gasteiger partial charge < -0.3 is 9.47 Å². The zero-order chi connectivity index (χ0) is 14.6. The molecule has 0 aliphatic heterocycles. The quantitative estimate of drug-likeness (QED) is 0.450. The lowest BCUT2D eigenvalue weighted by Gasteiger charge is -2.10. The minimum absolute atomic E-state index is 0.0824. The van der Waals surface area contributed by atoms with Crippen LogP contribution in [0.1, 0.15) is 0 Å². The summed E-state index contributed by atoms with van der Waals surface area (Å²) in [6, 6.07) is 2.08. The van der Waals surface area contributed by atoms with E-state index in [4.69, 9.17) is 21.1 Å². The van der Waals surface area contributed by atoms with Gasteiger partial charge >= 0.3 is 0 Å². The van der Waals surface area contributed by atoms with Crippen molar-refractivity contribution in [2.24, 2.45) is 0 Å². The molecule has 0 unspecified atom stereocenters. The summed E-state index contributed by atoms with van der Waals surface area (Å²) >= 11 is 5.40. The van der Waals surface area contributed by atoms with Crippen LogP contribution in [-0.2, 0) is 9.84 Å². The number of nitrogens with zero attached hydrogens (tertiary/aromatic N) is 1. The van der Waals surface area contributed by atoms with E-state index in [9.17, 15) is 18.5 Å². The van der Waals surface area contributed by atoms with Crippen molar-refractivity contribution in [1.82, 2.24) is 0 Å². The molecule has 7 nitrogen and oxygen atoms in total.